The highest BCUT2D eigenvalue weighted by Crippen LogP contribution is 2.14. The molecule has 0 unspecified atom stereocenters. The van der Waals surface area contributed by atoms with E-state index in [9.17, 15) is 9.59 Å². The van der Waals surface area contributed by atoms with Crippen molar-refractivity contribution in [3.8, 4) is 0 Å². The Morgan fingerprint density at radius 3 is 2.14 bits per heavy atom. The molecule has 5 nitrogen and oxygen atoms in total. The maximum atomic E-state index is 12.2. The molecular formula is C22H26ClN3O2. The third-order valence-electron chi connectivity index (χ3n) is 5.01. The zero-order chi connectivity index (χ0) is 19.9. The van der Waals surface area contributed by atoms with E-state index in [2.05, 4.69) is 27.2 Å². The van der Waals surface area contributed by atoms with Crippen LogP contribution >= 0.6 is 11.6 Å². The van der Waals surface area contributed by atoms with Crippen LogP contribution in [0.25, 0.3) is 0 Å². The molecular weight excluding hydrogens is 374 g/mol. The van der Waals surface area contributed by atoms with Gasteiger partial charge in [0.1, 0.15) is 0 Å². The number of piperazine rings is 1. The maximum Gasteiger partial charge on any atom is 0.225 e. The minimum absolute atomic E-state index is 0.000770. The molecule has 2 aromatic rings. The number of amides is 1. The van der Waals surface area contributed by atoms with Crippen LogP contribution in [0.1, 0.15) is 29.3 Å². The van der Waals surface area contributed by atoms with Crippen LogP contribution in [0.2, 0.25) is 5.02 Å². The summed E-state index contributed by atoms with van der Waals surface area (Å²) in [4.78, 5) is 28.2. The lowest BCUT2D eigenvalue weighted by Crippen LogP contribution is -2.46. The van der Waals surface area contributed by atoms with Crippen molar-refractivity contribution < 1.29 is 9.59 Å². The molecule has 0 aromatic heterocycles. The molecule has 0 saturated carbocycles. The molecule has 148 valence electrons. The standard InChI is InChI=1S/C22H26ClN3O2/c1-17(27)19-4-8-21(9-5-19)24-22(28)10-11-25-12-14-26(15-13-25)16-18-2-6-20(23)7-3-18/h2-9H,10-16H2,1H3,(H,24,28). The van der Waals surface area contributed by atoms with E-state index in [-0.39, 0.29) is 11.7 Å². The van der Waals surface area contributed by atoms with Gasteiger partial charge in [0.15, 0.2) is 5.78 Å². The number of carbonyl (C=O) groups is 2. The number of ketones is 1. The average molecular weight is 400 g/mol. The molecule has 0 radical (unpaired) electrons. The Morgan fingerprint density at radius 2 is 1.54 bits per heavy atom. The molecule has 0 bridgehead atoms. The number of nitrogens with one attached hydrogen (secondary N) is 1. The van der Waals surface area contributed by atoms with Crippen LogP contribution in [0.4, 0.5) is 5.69 Å². The molecule has 1 amide bonds. The monoisotopic (exact) mass is 399 g/mol. The number of nitrogens with zero attached hydrogens (tertiary/aromatic N) is 2. The molecule has 0 spiro atoms. The molecule has 28 heavy (non-hydrogen) atoms. The van der Waals surface area contributed by atoms with Gasteiger partial charge in [0.2, 0.25) is 5.91 Å². The van der Waals surface area contributed by atoms with Crippen molar-refractivity contribution in [3.63, 3.8) is 0 Å². The fourth-order valence-electron chi connectivity index (χ4n) is 3.29. The highest BCUT2D eigenvalue weighted by atomic mass is 35.5. The summed E-state index contributed by atoms with van der Waals surface area (Å²) in [6.45, 7) is 7.15. The van der Waals surface area contributed by atoms with Gasteiger partial charge in [-0.15, -0.1) is 0 Å². The van der Waals surface area contributed by atoms with E-state index in [1.807, 2.05) is 12.1 Å². The van der Waals surface area contributed by atoms with Crippen molar-refractivity contribution in [1.29, 1.82) is 0 Å². The van der Waals surface area contributed by atoms with Crippen molar-refractivity contribution in [2.45, 2.75) is 19.9 Å². The van der Waals surface area contributed by atoms with Crippen LogP contribution < -0.4 is 5.32 Å². The molecule has 1 heterocycles. The number of carbonyl (C=O) groups excluding carboxylic acids is 2. The number of rotatable bonds is 7. The highest BCUT2D eigenvalue weighted by Gasteiger charge is 2.17. The molecule has 1 N–H and O–H groups in total. The van der Waals surface area contributed by atoms with E-state index in [0.717, 1.165) is 50.0 Å². The van der Waals surface area contributed by atoms with Crippen molar-refractivity contribution in [2.75, 3.05) is 38.0 Å². The third-order valence-corrected chi connectivity index (χ3v) is 5.27. The van der Waals surface area contributed by atoms with Gasteiger partial charge in [0.05, 0.1) is 0 Å². The largest absolute Gasteiger partial charge is 0.326 e. The molecule has 6 heteroatoms. The van der Waals surface area contributed by atoms with Crippen LogP contribution in [-0.2, 0) is 11.3 Å². The first kappa shape index (κ1) is 20.5. The molecule has 2 aromatic carbocycles. The summed E-state index contributed by atoms with van der Waals surface area (Å²) < 4.78 is 0. The summed E-state index contributed by atoms with van der Waals surface area (Å²) in [6, 6.07) is 15.0. The molecule has 0 atom stereocenters. The third kappa shape index (κ3) is 6.16. The van der Waals surface area contributed by atoms with Gasteiger partial charge < -0.3 is 10.2 Å². The number of anilines is 1. The number of hydrogen-bond acceptors (Lipinski definition) is 4. The molecule has 1 fully saturated rings. The van der Waals surface area contributed by atoms with Crippen molar-refractivity contribution in [2.24, 2.45) is 0 Å². The Morgan fingerprint density at radius 1 is 0.929 bits per heavy atom. The van der Waals surface area contributed by atoms with E-state index < -0.39 is 0 Å². The topological polar surface area (TPSA) is 52.7 Å². The first-order valence-corrected chi connectivity index (χ1v) is 9.97. The van der Waals surface area contributed by atoms with Crippen LogP contribution in [0.15, 0.2) is 48.5 Å². The lowest BCUT2D eigenvalue weighted by molar-refractivity contribution is -0.116. The highest BCUT2D eigenvalue weighted by molar-refractivity contribution is 6.30. The average Bonchev–Trinajstić information content (AvgIpc) is 2.69. The van der Waals surface area contributed by atoms with Gasteiger partial charge in [-0.1, -0.05) is 23.7 Å². The number of benzene rings is 2. The minimum Gasteiger partial charge on any atom is -0.326 e. The Labute approximate surface area is 171 Å². The maximum absolute atomic E-state index is 12.2. The van der Waals surface area contributed by atoms with E-state index in [1.165, 1.54) is 12.5 Å². The lowest BCUT2D eigenvalue weighted by atomic mass is 10.1. The number of halogens is 1. The van der Waals surface area contributed by atoms with Gasteiger partial charge in [0.25, 0.3) is 0 Å². The van der Waals surface area contributed by atoms with E-state index in [4.69, 9.17) is 11.6 Å². The summed E-state index contributed by atoms with van der Waals surface area (Å²) in [5.74, 6) is 0.0206. The lowest BCUT2D eigenvalue weighted by Gasteiger charge is -2.34. The van der Waals surface area contributed by atoms with Gasteiger partial charge in [-0.25, -0.2) is 0 Å². The van der Waals surface area contributed by atoms with Crippen molar-refractivity contribution >= 4 is 29.0 Å². The van der Waals surface area contributed by atoms with Gasteiger partial charge >= 0.3 is 0 Å². The Hall–Kier alpha value is -2.21. The quantitative estimate of drug-likeness (QED) is 0.721. The Kier molecular flexibility index (Phi) is 7.20. The minimum atomic E-state index is -0.000770. The predicted molar refractivity (Wildman–Crippen MR) is 113 cm³/mol. The summed E-state index contributed by atoms with van der Waals surface area (Å²) >= 11 is 5.94. The van der Waals surface area contributed by atoms with Gasteiger partial charge in [-0.2, -0.15) is 0 Å². The molecule has 1 aliphatic rings. The van der Waals surface area contributed by atoms with Crippen LogP contribution in [-0.4, -0.2) is 54.2 Å². The second-order valence-electron chi connectivity index (χ2n) is 7.18. The zero-order valence-electron chi connectivity index (χ0n) is 16.2. The number of Topliss-reactive ketones (excluding diaryl/α,β-unsaturated/α-hetero) is 1. The van der Waals surface area contributed by atoms with E-state index >= 15 is 0 Å². The van der Waals surface area contributed by atoms with Gasteiger partial charge in [-0.3, -0.25) is 14.5 Å². The SMILES string of the molecule is CC(=O)c1ccc(NC(=O)CCN2CCN(Cc3ccc(Cl)cc3)CC2)cc1. The second-order valence-corrected chi connectivity index (χ2v) is 7.61. The molecule has 0 aliphatic carbocycles. The summed E-state index contributed by atoms with van der Waals surface area (Å²) in [6.07, 6.45) is 0.464. The normalized spacial score (nSPS) is 15.4. The first-order valence-electron chi connectivity index (χ1n) is 9.59. The summed E-state index contributed by atoms with van der Waals surface area (Å²) in [5.41, 5.74) is 2.64. The molecule has 1 saturated heterocycles. The summed E-state index contributed by atoms with van der Waals surface area (Å²) in [5, 5.41) is 3.66. The fraction of sp³-hybridized carbons (Fsp3) is 0.364. The van der Waals surface area contributed by atoms with Crippen molar-refractivity contribution in [1.82, 2.24) is 9.80 Å². The van der Waals surface area contributed by atoms with Crippen LogP contribution in [0, 0.1) is 0 Å². The molecule has 1 aliphatic heterocycles. The van der Waals surface area contributed by atoms with Crippen molar-refractivity contribution in [3.05, 3.63) is 64.7 Å². The van der Waals surface area contributed by atoms with E-state index in [1.54, 1.807) is 24.3 Å². The van der Waals surface area contributed by atoms with E-state index in [0.29, 0.717) is 12.0 Å². The molecule has 3 rings (SSSR count). The zero-order valence-corrected chi connectivity index (χ0v) is 16.9. The van der Waals surface area contributed by atoms with Crippen LogP contribution in [0.5, 0.6) is 0 Å². The fourth-order valence-corrected chi connectivity index (χ4v) is 3.42. The van der Waals surface area contributed by atoms with Gasteiger partial charge in [-0.05, 0) is 48.9 Å². The smallest absolute Gasteiger partial charge is 0.225 e. The summed E-state index contributed by atoms with van der Waals surface area (Å²) in [7, 11) is 0. The first-order chi connectivity index (χ1) is 13.5. The Bertz CT molecular complexity index is 798. The Balaban J connectivity index is 1.37. The number of hydrogen-bond donors (Lipinski definition) is 1. The van der Waals surface area contributed by atoms with Crippen LogP contribution in [0.3, 0.4) is 0 Å². The second kappa shape index (κ2) is 9.82. The predicted octanol–water partition coefficient (Wildman–Crippen LogP) is 3.69. The van der Waals surface area contributed by atoms with Gasteiger partial charge in [0, 0.05) is 62.0 Å².